The van der Waals surface area contributed by atoms with Gasteiger partial charge in [0.25, 0.3) is 5.91 Å². The van der Waals surface area contributed by atoms with E-state index in [9.17, 15) is 4.79 Å². The molecular formula is C27H28N2O3. The number of hydrogen-bond acceptors (Lipinski definition) is 4. The zero-order chi connectivity index (χ0) is 22.7. The van der Waals surface area contributed by atoms with Crippen LogP contribution in [0.1, 0.15) is 42.9 Å². The van der Waals surface area contributed by atoms with Crippen LogP contribution in [0, 0.1) is 13.8 Å². The number of aryl methyl sites for hydroxylation is 2. The van der Waals surface area contributed by atoms with Gasteiger partial charge in [-0.1, -0.05) is 37.6 Å². The maximum absolute atomic E-state index is 12.3. The molecule has 0 saturated carbocycles. The van der Waals surface area contributed by atoms with Crippen LogP contribution in [-0.2, 0) is 4.79 Å². The monoisotopic (exact) mass is 428 g/mol. The molecule has 0 aliphatic heterocycles. The molecule has 5 nitrogen and oxygen atoms in total. The van der Waals surface area contributed by atoms with Crippen molar-refractivity contribution in [3.8, 4) is 17.2 Å². The Hall–Kier alpha value is -3.60. The smallest absolute Gasteiger partial charge is 0.262 e. The van der Waals surface area contributed by atoms with E-state index in [1.165, 1.54) is 5.56 Å². The number of aromatic nitrogens is 1. The molecule has 1 atom stereocenters. The highest BCUT2D eigenvalue weighted by molar-refractivity contribution is 5.92. The molecular weight excluding hydrogens is 400 g/mol. The predicted octanol–water partition coefficient (Wildman–Crippen LogP) is 6.64. The molecule has 0 aliphatic carbocycles. The fourth-order valence-corrected chi connectivity index (χ4v) is 3.61. The molecule has 32 heavy (non-hydrogen) atoms. The van der Waals surface area contributed by atoms with E-state index in [2.05, 4.69) is 36.3 Å². The summed E-state index contributed by atoms with van der Waals surface area (Å²) in [5.41, 5.74) is 6.62. The number of carbonyl (C=O) groups is 1. The van der Waals surface area contributed by atoms with Crippen LogP contribution in [0.5, 0.6) is 5.75 Å². The Balaban J connectivity index is 1.41. The molecule has 5 heteroatoms. The third-order valence-electron chi connectivity index (χ3n) is 5.70. The van der Waals surface area contributed by atoms with Crippen molar-refractivity contribution in [2.24, 2.45) is 0 Å². The summed E-state index contributed by atoms with van der Waals surface area (Å²) in [5.74, 6) is 1.56. The number of benzene rings is 3. The van der Waals surface area contributed by atoms with Crippen LogP contribution >= 0.6 is 0 Å². The number of oxazole rings is 1. The number of carbonyl (C=O) groups excluding carboxylic acids is 1. The molecule has 1 amide bonds. The first-order valence-electron chi connectivity index (χ1n) is 10.9. The van der Waals surface area contributed by atoms with Crippen LogP contribution in [0.4, 0.5) is 5.69 Å². The summed E-state index contributed by atoms with van der Waals surface area (Å²) in [6, 6.07) is 19.5. The Morgan fingerprint density at radius 2 is 1.84 bits per heavy atom. The predicted molar refractivity (Wildman–Crippen MR) is 128 cm³/mol. The van der Waals surface area contributed by atoms with Crippen molar-refractivity contribution in [2.45, 2.75) is 40.0 Å². The summed E-state index contributed by atoms with van der Waals surface area (Å²) in [6.07, 6.45) is 1.08. The average molecular weight is 429 g/mol. The van der Waals surface area contributed by atoms with Crippen molar-refractivity contribution in [3.63, 3.8) is 0 Å². The number of nitrogens with zero attached hydrogens (tertiary/aromatic N) is 1. The summed E-state index contributed by atoms with van der Waals surface area (Å²) < 4.78 is 11.6. The van der Waals surface area contributed by atoms with Gasteiger partial charge in [0.2, 0.25) is 5.89 Å². The summed E-state index contributed by atoms with van der Waals surface area (Å²) in [4.78, 5) is 16.9. The molecule has 4 rings (SSSR count). The summed E-state index contributed by atoms with van der Waals surface area (Å²) in [6.45, 7) is 8.34. The number of ether oxygens (including phenoxy) is 1. The third kappa shape index (κ3) is 4.83. The van der Waals surface area contributed by atoms with E-state index < -0.39 is 0 Å². The second kappa shape index (κ2) is 9.27. The van der Waals surface area contributed by atoms with Gasteiger partial charge in [-0.25, -0.2) is 4.98 Å². The van der Waals surface area contributed by atoms with Gasteiger partial charge in [-0.3, -0.25) is 4.79 Å². The number of amides is 1. The average Bonchev–Trinajstić information content (AvgIpc) is 3.22. The number of rotatable bonds is 7. The molecule has 1 unspecified atom stereocenters. The van der Waals surface area contributed by atoms with Gasteiger partial charge >= 0.3 is 0 Å². The summed E-state index contributed by atoms with van der Waals surface area (Å²) in [5, 5.41) is 2.86. The molecule has 1 heterocycles. The minimum atomic E-state index is -0.211. The summed E-state index contributed by atoms with van der Waals surface area (Å²) >= 11 is 0. The van der Waals surface area contributed by atoms with Crippen molar-refractivity contribution in [1.82, 2.24) is 4.98 Å². The Kier molecular flexibility index (Phi) is 6.26. The number of fused-ring (bicyclic) bond motifs is 1. The van der Waals surface area contributed by atoms with Crippen LogP contribution in [-0.4, -0.2) is 17.5 Å². The lowest BCUT2D eigenvalue weighted by Gasteiger charge is -2.10. The second-order valence-electron chi connectivity index (χ2n) is 8.24. The highest BCUT2D eigenvalue weighted by Crippen LogP contribution is 2.28. The van der Waals surface area contributed by atoms with E-state index in [0.29, 0.717) is 23.2 Å². The van der Waals surface area contributed by atoms with Gasteiger partial charge in [0.05, 0.1) is 0 Å². The van der Waals surface area contributed by atoms with Gasteiger partial charge in [0.15, 0.2) is 12.2 Å². The largest absolute Gasteiger partial charge is 0.483 e. The highest BCUT2D eigenvalue weighted by atomic mass is 16.5. The molecule has 0 radical (unpaired) electrons. The van der Waals surface area contributed by atoms with Crippen molar-refractivity contribution < 1.29 is 13.9 Å². The maximum Gasteiger partial charge on any atom is 0.262 e. The third-order valence-corrected chi connectivity index (χ3v) is 5.70. The van der Waals surface area contributed by atoms with Gasteiger partial charge in [-0.2, -0.15) is 0 Å². The minimum absolute atomic E-state index is 0.0463. The zero-order valence-electron chi connectivity index (χ0n) is 18.9. The zero-order valence-corrected chi connectivity index (χ0v) is 18.9. The number of nitrogens with one attached hydrogen (secondary N) is 1. The van der Waals surface area contributed by atoms with E-state index >= 15 is 0 Å². The normalized spacial score (nSPS) is 12.0. The van der Waals surface area contributed by atoms with E-state index in [1.54, 1.807) is 0 Å². The Morgan fingerprint density at radius 1 is 1.06 bits per heavy atom. The minimum Gasteiger partial charge on any atom is -0.483 e. The van der Waals surface area contributed by atoms with Gasteiger partial charge in [0, 0.05) is 11.3 Å². The van der Waals surface area contributed by atoms with Crippen LogP contribution in [0.2, 0.25) is 0 Å². The quantitative estimate of drug-likeness (QED) is 0.358. The first kappa shape index (κ1) is 21.6. The topological polar surface area (TPSA) is 64.4 Å². The first-order valence-corrected chi connectivity index (χ1v) is 10.9. The maximum atomic E-state index is 12.3. The molecule has 0 bridgehead atoms. The van der Waals surface area contributed by atoms with Gasteiger partial charge in [-0.15, -0.1) is 0 Å². The molecule has 4 aromatic rings. The fraction of sp³-hybridized carbons (Fsp3) is 0.259. The summed E-state index contributed by atoms with van der Waals surface area (Å²) in [7, 11) is 0. The molecule has 0 fully saturated rings. The second-order valence-corrected chi connectivity index (χ2v) is 8.24. The van der Waals surface area contributed by atoms with E-state index in [0.717, 1.165) is 34.2 Å². The molecule has 0 saturated heterocycles. The first-order chi connectivity index (χ1) is 15.4. The van der Waals surface area contributed by atoms with Crippen LogP contribution < -0.4 is 10.1 Å². The van der Waals surface area contributed by atoms with Crippen molar-refractivity contribution in [2.75, 3.05) is 11.9 Å². The lowest BCUT2D eigenvalue weighted by molar-refractivity contribution is -0.118. The van der Waals surface area contributed by atoms with Crippen LogP contribution in [0.15, 0.2) is 65.1 Å². The highest BCUT2D eigenvalue weighted by Gasteiger charge is 2.12. The van der Waals surface area contributed by atoms with E-state index in [1.807, 2.05) is 62.4 Å². The van der Waals surface area contributed by atoms with E-state index in [-0.39, 0.29) is 12.5 Å². The van der Waals surface area contributed by atoms with Gasteiger partial charge in [-0.05, 0) is 79.8 Å². The van der Waals surface area contributed by atoms with Gasteiger partial charge in [0.1, 0.15) is 11.3 Å². The molecule has 164 valence electrons. The standard InChI is InChI=1S/C27H28N2O3/c1-5-18(3)21-9-13-25-23(15-21)29-27(32-25)20-7-10-22(11-8-20)28-26(30)16-31-24-12-6-17(2)14-19(24)4/h6-15,18H,5,16H2,1-4H3,(H,28,30). The lowest BCUT2D eigenvalue weighted by Crippen LogP contribution is -2.20. The molecule has 3 aromatic carbocycles. The SMILES string of the molecule is CCC(C)c1ccc2oc(-c3ccc(NC(=O)COc4ccc(C)cc4C)cc3)nc2c1. The Bertz CT molecular complexity index is 1240. The molecule has 0 spiro atoms. The Morgan fingerprint density at radius 3 is 2.56 bits per heavy atom. The van der Waals surface area contributed by atoms with Crippen LogP contribution in [0.25, 0.3) is 22.6 Å². The molecule has 0 aliphatic rings. The number of anilines is 1. The fourth-order valence-electron chi connectivity index (χ4n) is 3.61. The molecule has 1 N–H and O–H groups in total. The van der Waals surface area contributed by atoms with Crippen molar-refractivity contribution in [1.29, 1.82) is 0 Å². The van der Waals surface area contributed by atoms with Gasteiger partial charge < -0.3 is 14.5 Å². The molecule has 1 aromatic heterocycles. The Labute approximate surface area is 188 Å². The van der Waals surface area contributed by atoms with Crippen molar-refractivity contribution >= 4 is 22.7 Å². The lowest BCUT2D eigenvalue weighted by atomic mass is 9.98. The van der Waals surface area contributed by atoms with Crippen molar-refractivity contribution in [3.05, 3.63) is 77.4 Å². The number of hydrogen-bond donors (Lipinski definition) is 1. The van der Waals surface area contributed by atoms with E-state index in [4.69, 9.17) is 9.15 Å². The van der Waals surface area contributed by atoms with Crippen LogP contribution in [0.3, 0.4) is 0 Å².